The minimum Gasteiger partial charge on any atom is -0.341 e. The summed E-state index contributed by atoms with van der Waals surface area (Å²) in [7, 11) is 0. The molecular weight excluding hydrogens is 404 g/mol. The number of rotatable bonds is 4. The van der Waals surface area contributed by atoms with Crippen molar-refractivity contribution in [2.75, 3.05) is 26.2 Å². The fraction of sp³-hybridized carbons (Fsp3) is 0.375. The maximum atomic E-state index is 13.2. The van der Waals surface area contributed by atoms with E-state index in [1.165, 1.54) is 0 Å². The molecule has 0 bridgehead atoms. The van der Waals surface area contributed by atoms with Crippen LogP contribution in [0, 0.1) is 19.8 Å². The lowest BCUT2D eigenvalue weighted by Crippen LogP contribution is -2.42. The second-order valence-corrected chi connectivity index (χ2v) is 8.90. The molecule has 1 aromatic carbocycles. The third-order valence-corrected chi connectivity index (χ3v) is 6.80. The van der Waals surface area contributed by atoms with Crippen LogP contribution in [-0.2, 0) is 16.6 Å². The molecule has 5 rings (SSSR count). The molecule has 8 heteroatoms. The summed E-state index contributed by atoms with van der Waals surface area (Å²) < 4.78 is 0. The van der Waals surface area contributed by atoms with E-state index in [-0.39, 0.29) is 17.7 Å². The molecule has 2 aliphatic heterocycles. The fourth-order valence-electron chi connectivity index (χ4n) is 5.05. The van der Waals surface area contributed by atoms with E-state index in [2.05, 4.69) is 20.2 Å². The lowest BCUT2D eigenvalue weighted by molar-refractivity contribution is -0.129. The second-order valence-electron chi connectivity index (χ2n) is 8.90. The van der Waals surface area contributed by atoms with Crippen LogP contribution in [-0.4, -0.2) is 68.0 Å². The summed E-state index contributed by atoms with van der Waals surface area (Å²) in [6, 6.07) is 11.5. The first kappa shape index (κ1) is 20.4. The number of nitrogens with one attached hydrogen (secondary N) is 1. The molecule has 0 aliphatic carbocycles. The van der Waals surface area contributed by atoms with Crippen molar-refractivity contribution >= 4 is 11.8 Å². The van der Waals surface area contributed by atoms with Crippen molar-refractivity contribution < 1.29 is 9.59 Å². The van der Waals surface area contributed by atoms with E-state index >= 15 is 0 Å². The van der Waals surface area contributed by atoms with Crippen molar-refractivity contribution in [3.63, 3.8) is 0 Å². The maximum absolute atomic E-state index is 13.2. The monoisotopic (exact) mass is 430 g/mol. The summed E-state index contributed by atoms with van der Waals surface area (Å²) in [6.07, 6.45) is 3.63. The Labute approximate surface area is 186 Å². The van der Waals surface area contributed by atoms with Crippen LogP contribution in [0.1, 0.15) is 33.1 Å². The number of carbonyl (C=O) groups excluding carboxylic acids is 2. The molecule has 2 saturated heterocycles. The number of aryl methyl sites for hydroxylation is 2. The Kier molecular flexibility index (Phi) is 5.00. The van der Waals surface area contributed by atoms with Crippen molar-refractivity contribution in [3.8, 4) is 0 Å². The lowest BCUT2D eigenvalue weighted by atomic mass is 9.80. The molecule has 4 heterocycles. The van der Waals surface area contributed by atoms with Crippen LogP contribution in [0.4, 0.5) is 0 Å². The Morgan fingerprint density at radius 2 is 1.88 bits per heavy atom. The predicted molar refractivity (Wildman–Crippen MR) is 118 cm³/mol. The molecule has 0 unspecified atom stereocenters. The van der Waals surface area contributed by atoms with Gasteiger partial charge < -0.3 is 9.80 Å². The summed E-state index contributed by atoms with van der Waals surface area (Å²) in [5.74, 6) is 1.56. The van der Waals surface area contributed by atoms with Crippen molar-refractivity contribution in [1.82, 2.24) is 30.0 Å². The number of aromatic nitrogens is 4. The van der Waals surface area contributed by atoms with E-state index < -0.39 is 5.41 Å². The Bertz CT molecular complexity index is 1160. The molecule has 2 fully saturated rings. The van der Waals surface area contributed by atoms with E-state index in [1.54, 1.807) is 24.5 Å². The number of hydrogen-bond acceptors (Lipinski definition) is 5. The molecule has 2 atom stereocenters. The molecule has 2 amide bonds. The molecule has 164 valence electrons. The van der Waals surface area contributed by atoms with Gasteiger partial charge in [-0.3, -0.25) is 19.7 Å². The number of amides is 2. The molecule has 32 heavy (non-hydrogen) atoms. The van der Waals surface area contributed by atoms with Crippen LogP contribution in [0.25, 0.3) is 0 Å². The Morgan fingerprint density at radius 3 is 2.59 bits per heavy atom. The zero-order valence-corrected chi connectivity index (χ0v) is 18.3. The Hall–Kier alpha value is -3.55. The Balaban J connectivity index is 1.40. The number of carbonyl (C=O) groups is 2. The number of H-pyrrole nitrogens is 1. The number of aromatic amines is 1. The molecule has 0 saturated carbocycles. The number of nitrogens with zero attached hydrogens (tertiary/aromatic N) is 5. The van der Waals surface area contributed by atoms with Gasteiger partial charge in [0.05, 0.1) is 17.4 Å². The van der Waals surface area contributed by atoms with Crippen molar-refractivity contribution in [2.45, 2.75) is 25.7 Å². The van der Waals surface area contributed by atoms with E-state index in [0.29, 0.717) is 44.0 Å². The van der Waals surface area contributed by atoms with E-state index in [0.717, 1.165) is 17.0 Å². The van der Waals surface area contributed by atoms with Crippen molar-refractivity contribution in [1.29, 1.82) is 0 Å². The topological polar surface area (TPSA) is 95.1 Å². The summed E-state index contributed by atoms with van der Waals surface area (Å²) >= 11 is 0. The molecule has 0 spiro atoms. The lowest BCUT2D eigenvalue weighted by Gasteiger charge is -2.27. The van der Waals surface area contributed by atoms with Gasteiger partial charge in [-0.2, -0.15) is 5.10 Å². The highest BCUT2D eigenvalue weighted by Gasteiger charge is 2.57. The summed E-state index contributed by atoms with van der Waals surface area (Å²) in [6.45, 7) is 6.05. The van der Waals surface area contributed by atoms with E-state index in [4.69, 9.17) is 0 Å². The molecule has 2 aromatic heterocycles. The highest BCUT2D eigenvalue weighted by atomic mass is 16.2. The highest BCUT2D eigenvalue weighted by Crippen LogP contribution is 2.44. The maximum Gasteiger partial charge on any atom is 0.255 e. The smallest absolute Gasteiger partial charge is 0.255 e. The molecule has 0 radical (unpaired) electrons. The van der Waals surface area contributed by atoms with Gasteiger partial charge in [-0.1, -0.05) is 24.3 Å². The van der Waals surface area contributed by atoms with Gasteiger partial charge in [-0.25, -0.2) is 4.98 Å². The molecule has 3 aromatic rings. The quantitative estimate of drug-likeness (QED) is 0.682. The first-order chi connectivity index (χ1) is 15.5. The van der Waals surface area contributed by atoms with Gasteiger partial charge in [-0.15, -0.1) is 0 Å². The first-order valence-corrected chi connectivity index (χ1v) is 10.9. The summed E-state index contributed by atoms with van der Waals surface area (Å²) in [4.78, 5) is 38.8. The van der Waals surface area contributed by atoms with Gasteiger partial charge in [-0.05, 0) is 37.1 Å². The zero-order chi connectivity index (χ0) is 22.3. The highest BCUT2D eigenvalue weighted by molar-refractivity contribution is 5.94. The van der Waals surface area contributed by atoms with Gasteiger partial charge in [0.25, 0.3) is 5.91 Å². The molecule has 8 nitrogen and oxygen atoms in total. The number of pyridine rings is 1. The standard InChI is InChI=1S/C24H26N6O2/c1-16-6-3-4-7-18(16)10-21(31)29-12-20-13-30(22(32)19-8-5-9-25-11-19)15-24(20,14-29)23-26-17(2)27-28-23/h3-9,11,20H,10,12-15H2,1-2H3,(H,26,27,28)/t20-,24-/m1/s1. The van der Waals surface area contributed by atoms with Gasteiger partial charge in [0.2, 0.25) is 5.91 Å². The third kappa shape index (κ3) is 3.45. The molecular formula is C24H26N6O2. The fourth-order valence-corrected chi connectivity index (χ4v) is 5.05. The number of hydrogen-bond donors (Lipinski definition) is 1. The minimum atomic E-state index is -0.468. The SMILES string of the molecule is Cc1nc([C@@]23CN(C(=O)Cc4ccccc4C)C[C@@H]2CN(C(=O)c2cccnc2)C3)n[nH]1. The summed E-state index contributed by atoms with van der Waals surface area (Å²) in [5.41, 5.74) is 2.27. The van der Waals surface area contributed by atoms with Crippen LogP contribution in [0.15, 0.2) is 48.8 Å². The van der Waals surface area contributed by atoms with Gasteiger partial charge in [0, 0.05) is 44.5 Å². The minimum absolute atomic E-state index is 0.0445. The average molecular weight is 431 g/mol. The largest absolute Gasteiger partial charge is 0.341 e. The Morgan fingerprint density at radius 1 is 1.09 bits per heavy atom. The number of fused-ring (bicyclic) bond motifs is 1. The molecule has 2 aliphatic rings. The normalized spacial score (nSPS) is 22.2. The number of benzene rings is 1. The van der Waals surface area contributed by atoms with Gasteiger partial charge in [0.15, 0.2) is 5.82 Å². The van der Waals surface area contributed by atoms with Crippen LogP contribution in [0.2, 0.25) is 0 Å². The van der Waals surface area contributed by atoms with Crippen molar-refractivity contribution in [3.05, 3.63) is 77.1 Å². The summed E-state index contributed by atoms with van der Waals surface area (Å²) in [5, 5.41) is 7.41. The van der Waals surface area contributed by atoms with Gasteiger partial charge >= 0.3 is 0 Å². The van der Waals surface area contributed by atoms with E-state index in [1.807, 2.05) is 47.9 Å². The number of likely N-dealkylation sites (tertiary alicyclic amines) is 2. The molecule has 1 N–H and O–H groups in total. The predicted octanol–water partition coefficient (Wildman–Crippen LogP) is 1.91. The van der Waals surface area contributed by atoms with Crippen LogP contribution >= 0.6 is 0 Å². The first-order valence-electron chi connectivity index (χ1n) is 10.9. The van der Waals surface area contributed by atoms with E-state index in [9.17, 15) is 9.59 Å². The average Bonchev–Trinajstić information content (AvgIpc) is 3.48. The van der Waals surface area contributed by atoms with Crippen LogP contribution in [0.3, 0.4) is 0 Å². The van der Waals surface area contributed by atoms with Crippen molar-refractivity contribution in [2.24, 2.45) is 5.92 Å². The van der Waals surface area contributed by atoms with Crippen LogP contribution in [0.5, 0.6) is 0 Å². The van der Waals surface area contributed by atoms with Gasteiger partial charge in [0.1, 0.15) is 5.82 Å². The van der Waals surface area contributed by atoms with Crippen LogP contribution < -0.4 is 0 Å². The zero-order valence-electron chi connectivity index (χ0n) is 18.3. The third-order valence-electron chi connectivity index (χ3n) is 6.80. The second kappa shape index (κ2) is 7.85.